The predicted octanol–water partition coefficient (Wildman–Crippen LogP) is 6.95. The summed E-state index contributed by atoms with van der Waals surface area (Å²) in [5.41, 5.74) is 2.52. The van der Waals surface area contributed by atoms with Gasteiger partial charge >= 0.3 is 25.3 Å². The van der Waals surface area contributed by atoms with Gasteiger partial charge in [0, 0.05) is 37.8 Å². The van der Waals surface area contributed by atoms with Gasteiger partial charge in [-0.25, -0.2) is 14.4 Å². The summed E-state index contributed by atoms with van der Waals surface area (Å²) < 4.78 is 28.0. The maximum Gasteiger partial charge on any atom is 0.490 e. The molecule has 1 fully saturated rings. The summed E-state index contributed by atoms with van der Waals surface area (Å²) >= 11 is 0. The number of amides is 2. The zero-order valence-corrected chi connectivity index (χ0v) is 31.0. The zero-order valence-electron chi connectivity index (χ0n) is 31.0. The second kappa shape index (κ2) is 14.6. The lowest BCUT2D eigenvalue weighted by molar-refractivity contribution is 0.00578. The molecule has 0 aromatic carbocycles. The van der Waals surface area contributed by atoms with Crippen LogP contribution < -0.4 is 0 Å². The Hall–Kier alpha value is -3.84. The Morgan fingerprint density at radius 1 is 0.898 bits per heavy atom. The Kier molecular flexibility index (Phi) is 11.3. The van der Waals surface area contributed by atoms with Crippen LogP contribution in [0.3, 0.4) is 0 Å². The van der Waals surface area contributed by atoms with Crippen molar-refractivity contribution in [3.8, 4) is 0 Å². The monoisotopic (exact) mass is 680 g/mol. The highest BCUT2D eigenvalue weighted by Crippen LogP contribution is 2.39. The van der Waals surface area contributed by atoms with Crippen molar-refractivity contribution in [2.45, 2.75) is 111 Å². The van der Waals surface area contributed by atoms with Crippen LogP contribution >= 0.6 is 0 Å². The Bertz CT molecular complexity index is 1580. The van der Waals surface area contributed by atoms with Crippen molar-refractivity contribution in [2.75, 3.05) is 32.8 Å². The number of ether oxygens (including phenoxy) is 3. The van der Waals surface area contributed by atoms with Crippen LogP contribution in [0.1, 0.15) is 105 Å². The van der Waals surface area contributed by atoms with E-state index in [1.54, 1.807) is 29.0 Å². The minimum atomic E-state index is -0.512. The van der Waals surface area contributed by atoms with Gasteiger partial charge in [0.05, 0.1) is 29.0 Å². The van der Waals surface area contributed by atoms with Crippen LogP contribution in [0.25, 0.3) is 16.5 Å². The van der Waals surface area contributed by atoms with Crippen LogP contribution in [0.15, 0.2) is 36.0 Å². The number of nitrogens with zero attached hydrogens (tertiary/aromatic N) is 3. The summed E-state index contributed by atoms with van der Waals surface area (Å²) in [7, 11) is -0.314. The number of carbonyl (C=O) groups excluding carboxylic acids is 3. The number of pyridine rings is 1. The molecule has 0 unspecified atom stereocenters. The number of fused-ring (bicyclic) bond motifs is 1. The highest BCUT2D eigenvalue weighted by atomic mass is 16.7. The highest BCUT2D eigenvalue weighted by molar-refractivity contribution is 6.54. The quantitative estimate of drug-likeness (QED) is 0.207. The Labute approximate surface area is 290 Å². The molecule has 2 aromatic rings. The summed E-state index contributed by atoms with van der Waals surface area (Å²) in [4.78, 5) is 47.3. The van der Waals surface area contributed by atoms with Crippen LogP contribution in [0.4, 0.5) is 9.59 Å². The Balaban J connectivity index is 0.000000226. The first-order valence-electron chi connectivity index (χ1n) is 17.0. The molecule has 0 bridgehead atoms. The maximum atomic E-state index is 12.2. The molecule has 2 amide bonds. The molecule has 5 heterocycles. The van der Waals surface area contributed by atoms with E-state index in [9.17, 15) is 14.4 Å². The molecule has 0 atom stereocenters. The number of esters is 1. The van der Waals surface area contributed by atoms with Crippen LogP contribution in [0, 0.1) is 0 Å². The molecule has 12 nitrogen and oxygen atoms in total. The van der Waals surface area contributed by atoms with Crippen LogP contribution in [-0.2, 0) is 23.5 Å². The highest BCUT2D eigenvalue weighted by Gasteiger charge is 2.52. The minimum absolute atomic E-state index is 0.267. The van der Waals surface area contributed by atoms with E-state index < -0.39 is 11.2 Å². The first-order chi connectivity index (χ1) is 22.7. The van der Waals surface area contributed by atoms with Crippen molar-refractivity contribution >= 4 is 41.8 Å². The molecule has 0 radical (unpaired) electrons. The van der Waals surface area contributed by atoms with Gasteiger partial charge in [0.1, 0.15) is 16.9 Å². The van der Waals surface area contributed by atoms with Gasteiger partial charge < -0.3 is 38.3 Å². The number of aromatic nitrogens is 2. The van der Waals surface area contributed by atoms with Crippen molar-refractivity contribution < 1.29 is 37.9 Å². The van der Waals surface area contributed by atoms with Crippen molar-refractivity contribution in [3.05, 3.63) is 47.3 Å². The number of hydrogen-bond acceptors (Lipinski definition) is 9. The summed E-state index contributed by atoms with van der Waals surface area (Å²) in [5, 5.41) is 0.901. The predicted molar refractivity (Wildman–Crippen MR) is 189 cm³/mol. The largest absolute Gasteiger partial charge is 0.490 e. The number of rotatable bonds is 4. The second-order valence-corrected chi connectivity index (χ2v) is 15.5. The smallest absolute Gasteiger partial charge is 0.461 e. The van der Waals surface area contributed by atoms with Gasteiger partial charge in [-0.2, -0.15) is 0 Å². The van der Waals surface area contributed by atoms with Gasteiger partial charge in [0.25, 0.3) is 0 Å². The molecule has 13 heteroatoms. The van der Waals surface area contributed by atoms with E-state index in [0.717, 1.165) is 34.1 Å². The zero-order chi connectivity index (χ0) is 36.4. The van der Waals surface area contributed by atoms with Gasteiger partial charge in [-0.1, -0.05) is 12.2 Å². The SMILES string of the molecule is CC(C)(C)OC(=O)N1CC=C(B2OC(C)(C)C(C)(C)O2)CC1.CCOC(=O)c1cc2ccnc(C3=CCN(C(=O)OC(C)(C)C)CC3)c2[nH]1. The molecular formula is C36H53BN4O8. The Morgan fingerprint density at radius 3 is 1.92 bits per heavy atom. The number of carbonyl (C=O) groups is 3. The van der Waals surface area contributed by atoms with E-state index in [-0.39, 0.29) is 36.5 Å². The maximum absolute atomic E-state index is 12.2. The standard InChI is InChI=1S/C20H25N3O4.C16H28BNO4/c1-5-26-18(24)15-12-14-6-9-21-16(17(14)22-15)13-7-10-23(11-8-13)19(25)27-20(2,3)4;1-14(2,3)20-13(19)18-10-8-12(9-11-18)17-21-15(4,5)16(6,7)22-17/h6-7,9,12,22H,5,8,10-11H2,1-4H3;8H,9-11H2,1-7H3. The molecule has 1 saturated heterocycles. The fourth-order valence-electron chi connectivity index (χ4n) is 5.38. The molecule has 0 spiro atoms. The lowest BCUT2D eigenvalue weighted by Gasteiger charge is -2.32. The van der Waals surface area contributed by atoms with Gasteiger partial charge in [-0.05, 0) is 112 Å². The lowest BCUT2D eigenvalue weighted by atomic mass is 9.75. The van der Waals surface area contributed by atoms with E-state index in [4.69, 9.17) is 23.5 Å². The third kappa shape index (κ3) is 9.66. The van der Waals surface area contributed by atoms with Crippen molar-refractivity contribution in [1.29, 1.82) is 0 Å². The molecule has 3 aliphatic rings. The summed E-state index contributed by atoms with van der Waals surface area (Å²) in [6.45, 7) is 23.7. The Morgan fingerprint density at radius 2 is 1.45 bits per heavy atom. The van der Waals surface area contributed by atoms with Gasteiger partial charge in [-0.15, -0.1) is 0 Å². The molecule has 0 aliphatic carbocycles. The van der Waals surface area contributed by atoms with Gasteiger partial charge in [0.2, 0.25) is 0 Å². The number of aromatic amines is 1. The average Bonchev–Trinajstić information content (AvgIpc) is 3.53. The van der Waals surface area contributed by atoms with E-state index >= 15 is 0 Å². The summed E-state index contributed by atoms with van der Waals surface area (Å²) in [6.07, 6.45) is 6.57. The van der Waals surface area contributed by atoms with Crippen LogP contribution in [0.2, 0.25) is 0 Å². The van der Waals surface area contributed by atoms with Gasteiger partial charge in [-0.3, -0.25) is 4.98 Å². The fraction of sp³-hybridized carbons (Fsp3) is 0.611. The van der Waals surface area contributed by atoms with Crippen molar-refractivity contribution in [3.63, 3.8) is 0 Å². The van der Waals surface area contributed by atoms with E-state index in [1.165, 1.54) is 0 Å². The second-order valence-electron chi connectivity index (χ2n) is 15.5. The molecule has 1 N–H and O–H groups in total. The first kappa shape index (κ1) is 38.0. The molecule has 2 aromatic heterocycles. The number of nitrogens with one attached hydrogen (secondary N) is 1. The normalized spacial score (nSPS) is 19.0. The molecule has 0 saturated carbocycles. The third-order valence-electron chi connectivity index (χ3n) is 8.66. The number of hydrogen-bond donors (Lipinski definition) is 1. The summed E-state index contributed by atoms with van der Waals surface area (Å²) in [5.74, 6) is -0.381. The van der Waals surface area contributed by atoms with E-state index in [0.29, 0.717) is 44.9 Å². The minimum Gasteiger partial charge on any atom is -0.461 e. The molecular weight excluding hydrogens is 627 g/mol. The topological polar surface area (TPSA) is 133 Å². The fourth-order valence-corrected chi connectivity index (χ4v) is 5.38. The first-order valence-corrected chi connectivity index (χ1v) is 17.0. The third-order valence-corrected chi connectivity index (χ3v) is 8.66. The lowest BCUT2D eigenvalue weighted by Crippen LogP contribution is -2.41. The molecule has 3 aliphatic heterocycles. The van der Waals surface area contributed by atoms with Crippen LogP contribution in [-0.4, -0.2) is 100 Å². The number of H-pyrrole nitrogens is 1. The van der Waals surface area contributed by atoms with E-state index in [1.807, 2.05) is 87.5 Å². The van der Waals surface area contributed by atoms with E-state index in [2.05, 4.69) is 9.97 Å². The molecule has 49 heavy (non-hydrogen) atoms. The van der Waals surface area contributed by atoms with Crippen LogP contribution in [0.5, 0.6) is 0 Å². The molecule has 268 valence electrons. The van der Waals surface area contributed by atoms with Crippen molar-refractivity contribution in [1.82, 2.24) is 19.8 Å². The average molecular weight is 681 g/mol. The van der Waals surface area contributed by atoms with Gasteiger partial charge in [0.15, 0.2) is 0 Å². The molecule has 5 rings (SSSR count). The summed E-state index contributed by atoms with van der Waals surface area (Å²) in [6, 6.07) is 3.63. The van der Waals surface area contributed by atoms with Crippen molar-refractivity contribution in [2.24, 2.45) is 0 Å².